The van der Waals surface area contributed by atoms with Crippen molar-refractivity contribution >= 4 is 16.3 Å². The molecule has 0 bridgehead atoms. The van der Waals surface area contributed by atoms with E-state index in [-0.39, 0.29) is 6.61 Å². The normalized spacial score (nSPS) is 17.9. The Morgan fingerprint density at radius 2 is 1.61 bits per heavy atom. The smallest absolute Gasteiger partial charge is 0.179 e. The minimum Gasteiger partial charge on any atom is -0.481 e. The van der Waals surface area contributed by atoms with Crippen molar-refractivity contribution < 1.29 is 9.47 Å². The van der Waals surface area contributed by atoms with Crippen LogP contribution in [-0.2, 0) is 5.60 Å². The standard InChI is InChI=1S/C29H20O2/c1-3-14-30-22-12-13-23-19(2)18-29(31-28(23)17-22)26-11-7-6-10-24(26)25-15-20-8-4-5-9-21(20)16-27(25)29/h1,4-13,15-18H,14H2,2H3. The van der Waals surface area contributed by atoms with Crippen LogP contribution in [0.1, 0.15) is 23.6 Å². The maximum atomic E-state index is 6.87. The molecule has 4 aromatic carbocycles. The lowest BCUT2D eigenvalue weighted by Crippen LogP contribution is -2.33. The molecule has 4 aromatic rings. The second-order valence-electron chi connectivity index (χ2n) is 8.11. The van der Waals surface area contributed by atoms with Crippen molar-refractivity contribution in [3.8, 4) is 35.0 Å². The van der Waals surface area contributed by atoms with Crippen molar-refractivity contribution in [3.63, 3.8) is 0 Å². The summed E-state index contributed by atoms with van der Waals surface area (Å²) in [5, 5.41) is 2.44. The molecule has 148 valence electrons. The van der Waals surface area contributed by atoms with Crippen molar-refractivity contribution in [2.45, 2.75) is 12.5 Å². The van der Waals surface area contributed by atoms with E-state index in [1.807, 2.05) is 18.2 Å². The number of terminal acetylenes is 1. The Hall–Kier alpha value is -3.96. The fourth-order valence-corrected chi connectivity index (χ4v) is 4.94. The molecule has 1 heterocycles. The highest BCUT2D eigenvalue weighted by molar-refractivity contribution is 5.94. The van der Waals surface area contributed by atoms with Crippen LogP contribution in [0, 0.1) is 12.3 Å². The average molecular weight is 400 g/mol. The molecule has 1 spiro atoms. The monoisotopic (exact) mass is 400 g/mol. The number of benzene rings is 4. The molecule has 1 aliphatic carbocycles. The summed E-state index contributed by atoms with van der Waals surface area (Å²) >= 11 is 0. The van der Waals surface area contributed by atoms with E-state index in [4.69, 9.17) is 15.9 Å². The third-order valence-electron chi connectivity index (χ3n) is 6.29. The molecular formula is C29H20O2. The highest BCUT2D eigenvalue weighted by atomic mass is 16.5. The molecule has 2 nitrogen and oxygen atoms in total. The van der Waals surface area contributed by atoms with Gasteiger partial charge in [-0.05, 0) is 64.7 Å². The second-order valence-corrected chi connectivity index (χ2v) is 8.11. The molecule has 0 aromatic heterocycles. The summed E-state index contributed by atoms with van der Waals surface area (Å²) in [4.78, 5) is 0. The van der Waals surface area contributed by atoms with Crippen molar-refractivity contribution in [3.05, 3.63) is 102 Å². The summed E-state index contributed by atoms with van der Waals surface area (Å²) in [7, 11) is 0. The Morgan fingerprint density at radius 3 is 2.45 bits per heavy atom. The van der Waals surface area contributed by atoms with Crippen LogP contribution in [-0.4, -0.2) is 6.61 Å². The van der Waals surface area contributed by atoms with Gasteiger partial charge in [0, 0.05) is 22.8 Å². The fourth-order valence-electron chi connectivity index (χ4n) is 4.94. The molecule has 1 aliphatic heterocycles. The molecule has 0 saturated carbocycles. The molecule has 0 fully saturated rings. The molecule has 0 amide bonds. The van der Waals surface area contributed by atoms with Gasteiger partial charge in [-0.2, -0.15) is 0 Å². The van der Waals surface area contributed by atoms with Gasteiger partial charge in [-0.3, -0.25) is 0 Å². The summed E-state index contributed by atoms with van der Waals surface area (Å²) in [5.74, 6) is 4.05. The molecule has 1 unspecified atom stereocenters. The van der Waals surface area contributed by atoms with Crippen molar-refractivity contribution in [2.75, 3.05) is 6.61 Å². The van der Waals surface area contributed by atoms with E-state index in [2.05, 4.69) is 79.6 Å². The fraction of sp³-hybridized carbons (Fsp3) is 0.103. The van der Waals surface area contributed by atoms with Gasteiger partial charge in [-0.15, -0.1) is 6.42 Å². The zero-order chi connectivity index (χ0) is 21.0. The predicted octanol–water partition coefficient (Wildman–Crippen LogP) is 6.57. The first kappa shape index (κ1) is 17.9. The van der Waals surface area contributed by atoms with Crippen LogP contribution in [0.4, 0.5) is 0 Å². The number of hydrogen-bond acceptors (Lipinski definition) is 2. The maximum absolute atomic E-state index is 6.87. The first-order valence-electron chi connectivity index (χ1n) is 10.4. The highest BCUT2D eigenvalue weighted by Gasteiger charge is 2.46. The lowest BCUT2D eigenvalue weighted by atomic mass is 9.84. The minimum atomic E-state index is -0.669. The van der Waals surface area contributed by atoms with E-state index < -0.39 is 5.60 Å². The summed E-state index contributed by atoms with van der Waals surface area (Å²) in [6.07, 6.45) is 7.63. The Morgan fingerprint density at radius 1 is 0.839 bits per heavy atom. The van der Waals surface area contributed by atoms with Crippen molar-refractivity contribution in [1.82, 2.24) is 0 Å². The molecule has 0 N–H and O–H groups in total. The van der Waals surface area contributed by atoms with Gasteiger partial charge in [-0.1, -0.05) is 54.5 Å². The van der Waals surface area contributed by atoms with Crippen LogP contribution in [0.2, 0.25) is 0 Å². The third-order valence-corrected chi connectivity index (χ3v) is 6.29. The predicted molar refractivity (Wildman–Crippen MR) is 125 cm³/mol. The van der Waals surface area contributed by atoms with Crippen LogP contribution in [0.25, 0.3) is 27.5 Å². The van der Waals surface area contributed by atoms with Crippen LogP contribution >= 0.6 is 0 Å². The lowest BCUT2D eigenvalue weighted by Gasteiger charge is -2.35. The van der Waals surface area contributed by atoms with E-state index in [0.717, 1.165) is 11.3 Å². The van der Waals surface area contributed by atoms with Crippen LogP contribution < -0.4 is 9.47 Å². The molecule has 2 heteroatoms. The first-order valence-corrected chi connectivity index (χ1v) is 10.4. The molecule has 31 heavy (non-hydrogen) atoms. The largest absolute Gasteiger partial charge is 0.481 e. The zero-order valence-electron chi connectivity index (χ0n) is 17.2. The Bertz CT molecular complexity index is 1440. The molecule has 0 radical (unpaired) electrons. The van der Waals surface area contributed by atoms with Crippen LogP contribution in [0.5, 0.6) is 11.5 Å². The number of rotatable bonds is 2. The molecular weight excluding hydrogens is 380 g/mol. The molecule has 6 rings (SSSR count). The van der Waals surface area contributed by atoms with Gasteiger partial charge in [0.1, 0.15) is 18.1 Å². The van der Waals surface area contributed by atoms with Gasteiger partial charge in [0.05, 0.1) is 0 Å². The van der Waals surface area contributed by atoms with E-state index in [1.165, 1.54) is 38.6 Å². The summed E-state index contributed by atoms with van der Waals surface area (Å²) < 4.78 is 12.5. The quantitative estimate of drug-likeness (QED) is 0.354. The number of ether oxygens (including phenoxy) is 2. The second kappa shape index (κ2) is 6.52. The summed E-state index contributed by atoms with van der Waals surface area (Å²) in [6.45, 7) is 2.38. The van der Waals surface area contributed by atoms with E-state index in [9.17, 15) is 0 Å². The summed E-state index contributed by atoms with van der Waals surface area (Å²) in [6, 6.07) is 27.5. The van der Waals surface area contributed by atoms with Gasteiger partial charge in [-0.25, -0.2) is 0 Å². The van der Waals surface area contributed by atoms with Crippen LogP contribution in [0.3, 0.4) is 0 Å². The summed E-state index contributed by atoms with van der Waals surface area (Å²) in [5.41, 5.74) is 6.37. The number of hydrogen-bond donors (Lipinski definition) is 0. The molecule has 0 saturated heterocycles. The first-order chi connectivity index (χ1) is 15.2. The van der Waals surface area contributed by atoms with Gasteiger partial charge in [0.15, 0.2) is 5.60 Å². The van der Waals surface area contributed by atoms with E-state index in [1.54, 1.807) is 0 Å². The van der Waals surface area contributed by atoms with Crippen LogP contribution in [0.15, 0.2) is 84.9 Å². The topological polar surface area (TPSA) is 18.5 Å². The third kappa shape index (κ3) is 2.54. The van der Waals surface area contributed by atoms with Gasteiger partial charge >= 0.3 is 0 Å². The lowest BCUT2D eigenvalue weighted by molar-refractivity contribution is 0.164. The maximum Gasteiger partial charge on any atom is 0.179 e. The highest BCUT2D eigenvalue weighted by Crippen LogP contribution is 2.55. The molecule has 1 atom stereocenters. The zero-order valence-corrected chi connectivity index (χ0v) is 17.2. The van der Waals surface area contributed by atoms with E-state index in [0.29, 0.717) is 5.75 Å². The van der Waals surface area contributed by atoms with E-state index >= 15 is 0 Å². The van der Waals surface area contributed by atoms with Crippen molar-refractivity contribution in [2.24, 2.45) is 0 Å². The Balaban J connectivity index is 1.61. The number of fused-ring (bicyclic) bond motifs is 7. The Labute approximate surface area is 181 Å². The van der Waals surface area contributed by atoms with Gasteiger partial charge in [0.2, 0.25) is 0 Å². The number of allylic oxidation sites excluding steroid dienone is 1. The van der Waals surface area contributed by atoms with Gasteiger partial charge in [0.25, 0.3) is 0 Å². The molecule has 2 aliphatic rings. The van der Waals surface area contributed by atoms with Crippen molar-refractivity contribution in [1.29, 1.82) is 0 Å². The minimum absolute atomic E-state index is 0.233. The van der Waals surface area contributed by atoms with Gasteiger partial charge < -0.3 is 9.47 Å². The SMILES string of the molecule is C#CCOc1ccc2c(c1)OC1(C=C2C)c2ccccc2-c2cc3ccccc3cc21. The average Bonchev–Trinajstić information content (AvgIpc) is 3.05. The Kier molecular flexibility index (Phi) is 3.76.